The van der Waals surface area contributed by atoms with Crippen molar-refractivity contribution in [1.82, 2.24) is 0 Å². The van der Waals surface area contributed by atoms with Crippen LogP contribution in [0.25, 0.3) is 0 Å². The first-order chi connectivity index (χ1) is 8.81. The van der Waals surface area contributed by atoms with Gasteiger partial charge in [-0.3, -0.25) is 4.79 Å². The van der Waals surface area contributed by atoms with Crippen LogP contribution in [0.5, 0.6) is 0 Å². The fraction of sp³-hybridized carbons (Fsp3) is 0.800. The lowest BCUT2D eigenvalue weighted by Gasteiger charge is -2.18. The summed E-state index contributed by atoms with van der Waals surface area (Å²) in [5.41, 5.74) is -0.183. The Morgan fingerprint density at radius 1 is 1.21 bits per heavy atom. The molecule has 1 saturated carbocycles. The topological polar surface area (TPSA) is 55.7 Å². The van der Waals surface area contributed by atoms with Gasteiger partial charge < -0.3 is 4.74 Å². The Bertz CT molecular complexity index is 360. The summed E-state index contributed by atoms with van der Waals surface area (Å²) >= 11 is 0. The molecule has 0 aromatic rings. The zero-order chi connectivity index (χ0) is 14.5. The molecule has 0 heterocycles. The van der Waals surface area contributed by atoms with Crippen molar-refractivity contribution < 1.29 is 14.3 Å². The Morgan fingerprint density at radius 2 is 1.79 bits per heavy atom. The molecule has 0 spiro atoms. The molecule has 4 heteroatoms. The number of nitrogens with zero attached hydrogens (tertiary/aromatic N) is 1. The van der Waals surface area contributed by atoms with E-state index < -0.39 is 11.7 Å². The molecule has 0 aliphatic heterocycles. The minimum atomic E-state index is -0.651. The number of ketones is 1. The van der Waals surface area contributed by atoms with Crippen molar-refractivity contribution in [2.75, 3.05) is 0 Å². The fourth-order valence-corrected chi connectivity index (χ4v) is 2.31. The van der Waals surface area contributed by atoms with Crippen molar-refractivity contribution in [3.63, 3.8) is 0 Å². The molecule has 4 nitrogen and oxygen atoms in total. The van der Waals surface area contributed by atoms with Gasteiger partial charge in [-0.05, 0) is 33.1 Å². The Hall–Kier alpha value is -1.19. The van der Waals surface area contributed by atoms with Gasteiger partial charge in [0.1, 0.15) is 5.60 Å². The second kappa shape index (κ2) is 6.83. The standard InChI is InChI=1S/C15H25NO3/c1-5-13(17)12(10-11-8-6-7-9-11)16-14(18)19-15(2,3)4/h11H,5-10H2,1-4H3. The summed E-state index contributed by atoms with van der Waals surface area (Å²) in [5.74, 6) is 0.453. The Balaban J connectivity index is 2.71. The van der Waals surface area contributed by atoms with Crippen LogP contribution in [0.1, 0.15) is 66.2 Å². The van der Waals surface area contributed by atoms with Crippen molar-refractivity contribution in [1.29, 1.82) is 0 Å². The van der Waals surface area contributed by atoms with Gasteiger partial charge in [-0.1, -0.05) is 32.6 Å². The number of carbonyl (C=O) groups excluding carboxylic acids is 2. The summed E-state index contributed by atoms with van der Waals surface area (Å²) in [7, 11) is 0. The average Bonchev–Trinajstić information content (AvgIpc) is 2.77. The SMILES string of the molecule is CCC(=O)C(CC1CCCC1)=NC(=O)OC(C)(C)C. The molecule has 0 atom stereocenters. The van der Waals surface area contributed by atoms with E-state index in [4.69, 9.17) is 4.74 Å². The molecule has 19 heavy (non-hydrogen) atoms. The highest BCUT2D eigenvalue weighted by Crippen LogP contribution is 2.28. The van der Waals surface area contributed by atoms with Crippen molar-refractivity contribution in [3.05, 3.63) is 0 Å². The summed E-state index contributed by atoms with van der Waals surface area (Å²) in [4.78, 5) is 27.5. The Labute approximate surface area is 115 Å². The van der Waals surface area contributed by atoms with E-state index in [2.05, 4.69) is 4.99 Å². The van der Waals surface area contributed by atoms with Crippen LogP contribution in [0.15, 0.2) is 4.99 Å². The molecular weight excluding hydrogens is 242 g/mol. The van der Waals surface area contributed by atoms with E-state index in [1.807, 2.05) is 0 Å². The second-order valence-corrected chi connectivity index (χ2v) is 6.17. The number of carbonyl (C=O) groups is 2. The minimum Gasteiger partial charge on any atom is -0.442 e. The van der Waals surface area contributed by atoms with Gasteiger partial charge in [-0.2, -0.15) is 4.99 Å². The largest absolute Gasteiger partial charge is 0.442 e. The number of hydrogen-bond donors (Lipinski definition) is 0. The lowest BCUT2D eigenvalue weighted by molar-refractivity contribution is -0.112. The van der Waals surface area contributed by atoms with Crippen LogP contribution < -0.4 is 0 Å². The van der Waals surface area contributed by atoms with Gasteiger partial charge in [0.2, 0.25) is 0 Å². The maximum Gasteiger partial charge on any atom is 0.434 e. The number of hydrogen-bond acceptors (Lipinski definition) is 3. The highest BCUT2D eigenvalue weighted by atomic mass is 16.6. The summed E-state index contributed by atoms with van der Waals surface area (Å²) in [6, 6.07) is 0. The van der Waals surface area contributed by atoms with Crippen LogP contribution in [0.4, 0.5) is 4.79 Å². The predicted molar refractivity (Wildman–Crippen MR) is 75.5 cm³/mol. The van der Waals surface area contributed by atoms with Crippen LogP contribution in [0.2, 0.25) is 0 Å². The number of ether oxygens (including phenoxy) is 1. The van der Waals surface area contributed by atoms with Gasteiger partial charge in [-0.25, -0.2) is 4.79 Å². The van der Waals surface area contributed by atoms with E-state index in [9.17, 15) is 9.59 Å². The molecule has 1 rings (SSSR count). The molecule has 0 aromatic heterocycles. The molecule has 1 amide bonds. The molecule has 0 bridgehead atoms. The highest BCUT2D eigenvalue weighted by Gasteiger charge is 2.23. The molecule has 0 radical (unpaired) electrons. The zero-order valence-electron chi connectivity index (χ0n) is 12.5. The summed E-state index contributed by atoms with van der Waals surface area (Å²) in [6.45, 7) is 7.16. The molecular formula is C15H25NO3. The van der Waals surface area contributed by atoms with Crippen LogP contribution in [0.3, 0.4) is 0 Å². The zero-order valence-corrected chi connectivity index (χ0v) is 12.5. The van der Waals surface area contributed by atoms with E-state index in [1.54, 1.807) is 27.7 Å². The summed E-state index contributed by atoms with van der Waals surface area (Å²) in [5, 5.41) is 0. The summed E-state index contributed by atoms with van der Waals surface area (Å²) in [6.07, 6.45) is 5.03. The molecule has 1 fully saturated rings. The fourth-order valence-electron chi connectivity index (χ4n) is 2.31. The number of amides is 1. The maximum atomic E-state index is 11.9. The van der Waals surface area contributed by atoms with Crippen molar-refractivity contribution >= 4 is 17.6 Å². The number of rotatable bonds is 4. The molecule has 0 N–H and O–H groups in total. The van der Waals surface area contributed by atoms with Gasteiger partial charge >= 0.3 is 6.09 Å². The summed E-state index contributed by atoms with van der Waals surface area (Å²) < 4.78 is 5.15. The first kappa shape index (κ1) is 15.9. The third-order valence-corrected chi connectivity index (χ3v) is 3.22. The molecule has 1 aliphatic rings. The van der Waals surface area contributed by atoms with Crippen molar-refractivity contribution in [3.8, 4) is 0 Å². The maximum absolute atomic E-state index is 11.9. The van der Waals surface area contributed by atoms with Gasteiger partial charge in [0, 0.05) is 6.42 Å². The van der Waals surface area contributed by atoms with Crippen molar-refractivity contribution in [2.24, 2.45) is 10.9 Å². The predicted octanol–water partition coefficient (Wildman–Crippen LogP) is 3.92. The third-order valence-electron chi connectivity index (χ3n) is 3.22. The monoisotopic (exact) mass is 267 g/mol. The van der Waals surface area contributed by atoms with Crippen LogP contribution in [-0.2, 0) is 9.53 Å². The van der Waals surface area contributed by atoms with Gasteiger partial charge in [0.25, 0.3) is 0 Å². The Kier molecular flexibility index (Phi) is 5.70. The minimum absolute atomic E-state index is 0.0437. The normalized spacial score (nSPS) is 17.6. The van der Waals surface area contributed by atoms with Gasteiger partial charge in [0.05, 0.1) is 5.71 Å². The van der Waals surface area contributed by atoms with Crippen LogP contribution in [0, 0.1) is 5.92 Å². The van der Waals surface area contributed by atoms with Gasteiger partial charge in [0.15, 0.2) is 5.78 Å². The van der Waals surface area contributed by atoms with Crippen LogP contribution >= 0.6 is 0 Å². The molecule has 108 valence electrons. The number of Topliss-reactive ketones (excluding diaryl/α,β-unsaturated/α-hetero) is 1. The molecule has 1 aliphatic carbocycles. The van der Waals surface area contributed by atoms with E-state index in [1.165, 1.54) is 12.8 Å². The van der Waals surface area contributed by atoms with Gasteiger partial charge in [-0.15, -0.1) is 0 Å². The third kappa shape index (κ3) is 5.99. The lowest BCUT2D eigenvalue weighted by Crippen LogP contribution is -2.24. The first-order valence-corrected chi connectivity index (χ1v) is 7.15. The smallest absolute Gasteiger partial charge is 0.434 e. The quantitative estimate of drug-likeness (QED) is 0.725. The highest BCUT2D eigenvalue weighted by molar-refractivity contribution is 6.41. The molecule has 0 aromatic carbocycles. The first-order valence-electron chi connectivity index (χ1n) is 7.15. The van der Waals surface area contributed by atoms with E-state index in [0.717, 1.165) is 12.8 Å². The van der Waals surface area contributed by atoms with E-state index in [-0.39, 0.29) is 5.78 Å². The molecule has 0 saturated heterocycles. The number of aliphatic imine (C=N–C) groups is 1. The Morgan fingerprint density at radius 3 is 2.26 bits per heavy atom. The van der Waals surface area contributed by atoms with Crippen molar-refractivity contribution in [2.45, 2.75) is 71.8 Å². The second-order valence-electron chi connectivity index (χ2n) is 6.17. The van der Waals surface area contributed by atoms with E-state index in [0.29, 0.717) is 24.5 Å². The van der Waals surface area contributed by atoms with E-state index >= 15 is 0 Å². The lowest BCUT2D eigenvalue weighted by atomic mass is 9.97. The van der Waals surface area contributed by atoms with Crippen LogP contribution in [-0.4, -0.2) is 23.2 Å². The average molecular weight is 267 g/mol. The molecule has 0 unspecified atom stereocenters.